The Kier molecular flexibility index (Phi) is 3.69. The number of nitrogens with zero attached hydrogens (tertiary/aromatic N) is 3. The molecular formula is C12H15N5O. The molecule has 2 rings (SSSR count). The molecular weight excluding hydrogens is 230 g/mol. The number of hydrogen-bond donors (Lipinski definition) is 2. The molecule has 6 heteroatoms. The first-order valence-electron chi connectivity index (χ1n) is 5.66. The molecule has 94 valence electrons. The van der Waals surface area contributed by atoms with Crippen LogP contribution in [-0.4, -0.2) is 15.0 Å². The lowest BCUT2D eigenvalue weighted by atomic mass is 10.2. The van der Waals surface area contributed by atoms with Crippen LogP contribution >= 0.6 is 0 Å². The Morgan fingerprint density at radius 2 is 2.11 bits per heavy atom. The van der Waals surface area contributed by atoms with Crippen molar-refractivity contribution in [3.05, 3.63) is 35.9 Å². The van der Waals surface area contributed by atoms with Crippen molar-refractivity contribution in [1.29, 1.82) is 0 Å². The van der Waals surface area contributed by atoms with Crippen LogP contribution in [-0.2, 0) is 6.42 Å². The fourth-order valence-corrected chi connectivity index (χ4v) is 1.52. The standard InChI is InChI=1S/C12H15N5O/c1-3-9-10(5-4-8(2)15-9)18-12-7-14-6-11(16-12)17-13/h4-7H,3,13H2,1-2H3,(H,16,17). The molecule has 2 aromatic heterocycles. The Bertz CT molecular complexity index is 544. The summed E-state index contributed by atoms with van der Waals surface area (Å²) in [5, 5.41) is 0. The molecule has 0 saturated carbocycles. The summed E-state index contributed by atoms with van der Waals surface area (Å²) in [7, 11) is 0. The highest BCUT2D eigenvalue weighted by Gasteiger charge is 2.07. The van der Waals surface area contributed by atoms with Crippen molar-refractivity contribution in [3.63, 3.8) is 0 Å². The molecule has 0 unspecified atom stereocenters. The van der Waals surface area contributed by atoms with Crippen LogP contribution in [0.15, 0.2) is 24.5 Å². The van der Waals surface area contributed by atoms with Crippen LogP contribution in [0.1, 0.15) is 18.3 Å². The van der Waals surface area contributed by atoms with E-state index in [1.165, 1.54) is 12.4 Å². The number of hydrogen-bond acceptors (Lipinski definition) is 6. The molecule has 0 radical (unpaired) electrons. The summed E-state index contributed by atoms with van der Waals surface area (Å²) in [5.41, 5.74) is 4.27. The molecule has 0 amide bonds. The van der Waals surface area contributed by atoms with E-state index >= 15 is 0 Å². The molecule has 0 atom stereocenters. The average molecular weight is 245 g/mol. The maximum absolute atomic E-state index is 5.67. The third-order valence-corrected chi connectivity index (χ3v) is 2.38. The van der Waals surface area contributed by atoms with Crippen molar-refractivity contribution < 1.29 is 4.74 Å². The molecule has 0 fully saturated rings. The molecule has 2 heterocycles. The second kappa shape index (κ2) is 5.42. The van der Waals surface area contributed by atoms with E-state index in [0.29, 0.717) is 17.4 Å². The number of nitrogen functional groups attached to an aromatic ring is 1. The smallest absolute Gasteiger partial charge is 0.239 e. The lowest BCUT2D eigenvalue weighted by molar-refractivity contribution is 0.452. The molecule has 0 bridgehead atoms. The summed E-state index contributed by atoms with van der Waals surface area (Å²) in [5.74, 6) is 6.78. The summed E-state index contributed by atoms with van der Waals surface area (Å²) in [6.07, 6.45) is 3.83. The highest BCUT2D eigenvalue weighted by molar-refractivity contribution is 5.35. The summed E-state index contributed by atoms with van der Waals surface area (Å²) in [4.78, 5) is 12.5. The zero-order valence-electron chi connectivity index (χ0n) is 10.3. The number of pyridine rings is 1. The van der Waals surface area contributed by atoms with Crippen molar-refractivity contribution in [1.82, 2.24) is 15.0 Å². The number of nitrogens with one attached hydrogen (secondary N) is 1. The predicted molar refractivity (Wildman–Crippen MR) is 68.3 cm³/mol. The van der Waals surface area contributed by atoms with Gasteiger partial charge in [-0.2, -0.15) is 4.98 Å². The number of anilines is 1. The number of nitrogens with two attached hydrogens (primary N) is 1. The third kappa shape index (κ3) is 2.72. The van der Waals surface area contributed by atoms with Gasteiger partial charge in [-0.05, 0) is 25.5 Å². The van der Waals surface area contributed by atoms with Crippen LogP contribution in [0.2, 0.25) is 0 Å². The highest BCUT2D eigenvalue weighted by atomic mass is 16.5. The second-order valence-electron chi connectivity index (χ2n) is 3.74. The maximum atomic E-state index is 5.67. The minimum atomic E-state index is 0.380. The lowest BCUT2D eigenvalue weighted by Gasteiger charge is -2.09. The molecule has 0 aliphatic carbocycles. The Hall–Kier alpha value is -2.21. The Labute approximate surface area is 105 Å². The van der Waals surface area contributed by atoms with Crippen LogP contribution in [0.4, 0.5) is 5.82 Å². The van der Waals surface area contributed by atoms with Gasteiger partial charge < -0.3 is 10.2 Å². The van der Waals surface area contributed by atoms with Gasteiger partial charge in [0, 0.05) is 5.69 Å². The van der Waals surface area contributed by atoms with Gasteiger partial charge in [0.05, 0.1) is 18.1 Å². The molecule has 0 spiro atoms. The molecule has 18 heavy (non-hydrogen) atoms. The Morgan fingerprint density at radius 1 is 1.28 bits per heavy atom. The third-order valence-electron chi connectivity index (χ3n) is 2.38. The quantitative estimate of drug-likeness (QED) is 0.631. The van der Waals surface area contributed by atoms with Crippen LogP contribution < -0.4 is 16.0 Å². The van der Waals surface area contributed by atoms with Gasteiger partial charge in [-0.1, -0.05) is 6.92 Å². The van der Waals surface area contributed by atoms with Gasteiger partial charge in [0.2, 0.25) is 5.88 Å². The van der Waals surface area contributed by atoms with Gasteiger partial charge in [-0.15, -0.1) is 0 Å². The second-order valence-corrected chi connectivity index (χ2v) is 3.74. The first kappa shape index (κ1) is 12.3. The molecule has 0 aliphatic heterocycles. The molecule has 0 aromatic carbocycles. The number of rotatable bonds is 4. The van der Waals surface area contributed by atoms with Gasteiger partial charge in [0.25, 0.3) is 0 Å². The number of ether oxygens (including phenoxy) is 1. The van der Waals surface area contributed by atoms with E-state index in [9.17, 15) is 0 Å². The highest BCUT2D eigenvalue weighted by Crippen LogP contribution is 2.23. The van der Waals surface area contributed by atoms with Crippen molar-refractivity contribution in [2.24, 2.45) is 5.84 Å². The van der Waals surface area contributed by atoms with Gasteiger partial charge in [-0.3, -0.25) is 9.97 Å². The average Bonchev–Trinajstić information content (AvgIpc) is 2.41. The summed E-state index contributed by atoms with van der Waals surface area (Å²) < 4.78 is 5.67. The van der Waals surface area contributed by atoms with Crippen LogP contribution in [0.3, 0.4) is 0 Å². The van der Waals surface area contributed by atoms with E-state index in [1.807, 2.05) is 26.0 Å². The SMILES string of the molecule is CCc1nc(C)ccc1Oc1cncc(NN)n1. The summed E-state index contributed by atoms with van der Waals surface area (Å²) in [6.45, 7) is 3.97. The molecule has 0 saturated heterocycles. The van der Waals surface area contributed by atoms with E-state index in [2.05, 4.69) is 20.4 Å². The van der Waals surface area contributed by atoms with Gasteiger partial charge in [0.1, 0.15) is 0 Å². The largest absolute Gasteiger partial charge is 0.436 e. The van der Waals surface area contributed by atoms with Crippen molar-refractivity contribution in [2.45, 2.75) is 20.3 Å². The van der Waals surface area contributed by atoms with Gasteiger partial charge >= 0.3 is 0 Å². The van der Waals surface area contributed by atoms with Crippen molar-refractivity contribution in [2.75, 3.05) is 5.43 Å². The normalized spacial score (nSPS) is 10.2. The van der Waals surface area contributed by atoms with E-state index in [1.54, 1.807) is 0 Å². The van der Waals surface area contributed by atoms with E-state index < -0.39 is 0 Å². The summed E-state index contributed by atoms with van der Waals surface area (Å²) in [6, 6.07) is 3.78. The Morgan fingerprint density at radius 3 is 2.83 bits per heavy atom. The molecule has 0 aliphatic rings. The van der Waals surface area contributed by atoms with E-state index in [0.717, 1.165) is 17.8 Å². The maximum Gasteiger partial charge on any atom is 0.239 e. The fourth-order valence-electron chi connectivity index (χ4n) is 1.52. The molecule has 2 aromatic rings. The van der Waals surface area contributed by atoms with Crippen LogP contribution in [0.25, 0.3) is 0 Å². The van der Waals surface area contributed by atoms with E-state index in [-0.39, 0.29) is 0 Å². The van der Waals surface area contributed by atoms with Gasteiger partial charge in [0.15, 0.2) is 11.6 Å². The first-order valence-corrected chi connectivity index (χ1v) is 5.66. The molecule has 6 nitrogen and oxygen atoms in total. The fraction of sp³-hybridized carbons (Fsp3) is 0.250. The number of aryl methyl sites for hydroxylation is 2. The number of hydrazine groups is 1. The van der Waals surface area contributed by atoms with Crippen molar-refractivity contribution >= 4 is 5.82 Å². The monoisotopic (exact) mass is 245 g/mol. The lowest BCUT2D eigenvalue weighted by Crippen LogP contribution is -2.09. The zero-order chi connectivity index (χ0) is 13.0. The van der Waals surface area contributed by atoms with Crippen LogP contribution in [0, 0.1) is 6.92 Å². The Balaban J connectivity index is 2.27. The number of aromatic nitrogens is 3. The van der Waals surface area contributed by atoms with Crippen LogP contribution in [0.5, 0.6) is 11.6 Å². The van der Waals surface area contributed by atoms with Crippen molar-refractivity contribution in [3.8, 4) is 11.6 Å². The topological polar surface area (TPSA) is 86.0 Å². The summed E-state index contributed by atoms with van der Waals surface area (Å²) >= 11 is 0. The first-order chi connectivity index (χ1) is 8.72. The predicted octanol–water partition coefficient (Wildman–Crippen LogP) is 1.82. The minimum Gasteiger partial charge on any atom is -0.436 e. The minimum absolute atomic E-state index is 0.380. The molecule has 3 N–H and O–H groups in total. The zero-order valence-corrected chi connectivity index (χ0v) is 10.3. The van der Waals surface area contributed by atoms with E-state index in [4.69, 9.17) is 10.6 Å². The van der Waals surface area contributed by atoms with Gasteiger partial charge in [-0.25, -0.2) is 5.84 Å².